The number of aromatic nitrogens is 3. The first-order chi connectivity index (χ1) is 12.3. The molecule has 2 aromatic heterocycles. The number of aliphatic hydroxyl groups excluding tert-OH is 1. The van der Waals surface area contributed by atoms with E-state index in [1.54, 1.807) is 0 Å². The van der Waals surface area contributed by atoms with Gasteiger partial charge in [-0.3, -0.25) is 23.9 Å². The van der Waals surface area contributed by atoms with Gasteiger partial charge in [0, 0.05) is 0 Å². The number of nitrogen functional groups attached to an aromatic ring is 1. The van der Waals surface area contributed by atoms with Crippen molar-refractivity contribution in [2.75, 3.05) is 5.73 Å². The molecule has 5 N–H and O–H groups in total. The Balaban J connectivity index is 1.77. The van der Waals surface area contributed by atoms with Crippen LogP contribution < -0.4 is 16.2 Å². The Kier molecular flexibility index (Phi) is 4.29. The van der Waals surface area contributed by atoms with E-state index < -0.39 is 39.4 Å². The van der Waals surface area contributed by atoms with E-state index in [1.165, 1.54) is 16.3 Å². The summed E-state index contributed by atoms with van der Waals surface area (Å²) in [7, 11) is 0. The first kappa shape index (κ1) is 17.5. The number of carbonyl (C=O) groups is 1. The summed E-state index contributed by atoms with van der Waals surface area (Å²) in [4.78, 5) is 41.6. The number of aliphatic hydroxyl groups is 1. The molecular formula is C14H16N4O6S2. The number of aliphatic carboxylic acids is 1. The molecule has 1 aliphatic carbocycles. The second-order valence-electron chi connectivity index (χ2n) is 6.34. The molecule has 2 aromatic rings. The largest absolute Gasteiger partial charge is 0.481 e. The van der Waals surface area contributed by atoms with Gasteiger partial charge in [0.1, 0.15) is 10.1 Å². The van der Waals surface area contributed by atoms with Gasteiger partial charge in [0.2, 0.25) is 5.95 Å². The zero-order valence-electron chi connectivity index (χ0n) is 13.3. The van der Waals surface area contributed by atoms with Crippen LogP contribution >= 0.6 is 23.1 Å². The van der Waals surface area contributed by atoms with E-state index in [0.29, 0.717) is 11.3 Å². The fraction of sp³-hybridized carbons (Fsp3) is 0.571. The third kappa shape index (κ3) is 3.02. The van der Waals surface area contributed by atoms with Crippen molar-refractivity contribution in [3.8, 4) is 0 Å². The maximum absolute atomic E-state index is 12.5. The average molecular weight is 400 g/mol. The van der Waals surface area contributed by atoms with Crippen LogP contribution in [0.2, 0.25) is 0 Å². The monoisotopic (exact) mass is 400 g/mol. The lowest BCUT2D eigenvalue weighted by atomic mass is 10.2. The van der Waals surface area contributed by atoms with Crippen molar-refractivity contribution in [3.63, 3.8) is 0 Å². The Hall–Kier alpha value is -1.89. The van der Waals surface area contributed by atoms with Crippen molar-refractivity contribution < 1.29 is 19.7 Å². The zero-order valence-corrected chi connectivity index (χ0v) is 15.0. The van der Waals surface area contributed by atoms with Gasteiger partial charge in [0.25, 0.3) is 5.56 Å². The molecule has 4 unspecified atom stereocenters. The quantitative estimate of drug-likeness (QED) is 0.538. The second kappa shape index (κ2) is 6.37. The van der Waals surface area contributed by atoms with Crippen LogP contribution in [0.3, 0.4) is 0 Å². The number of fused-ring (bicyclic) bond motifs is 1. The van der Waals surface area contributed by atoms with E-state index in [4.69, 9.17) is 10.5 Å². The van der Waals surface area contributed by atoms with Gasteiger partial charge >= 0.3 is 10.8 Å². The highest BCUT2D eigenvalue weighted by molar-refractivity contribution is 8.00. The number of carboxylic acids is 1. The van der Waals surface area contributed by atoms with Crippen molar-refractivity contribution in [2.45, 2.75) is 42.3 Å². The molecule has 0 amide bonds. The highest BCUT2D eigenvalue weighted by Gasteiger charge is 2.46. The highest BCUT2D eigenvalue weighted by Crippen LogP contribution is 2.47. The van der Waals surface area contributed by atoms with Gasteiger partial charge in [-0.15, -0.1) is 11.8 Å². The Bertz CT molecular complexity index is 980. The van der Waals surface area contributed by atoms with Crippen LogP contribution in [0.5, 0.6) is 0 Å². The molecule has 140 valence electrons. The Labute approximate surface area is 154 Å². The molecule has 10 nitrogen and oxygen atoms in total. The van der Waals surface area contributed by atoms with Gasteiger partial charge in [-0.25, -0.2) is 0 Å². The molecule has 0 radical (unpaired) electrons. The van der Waals surface area contributed by atoms with Crippen LogP contribution in [0.1, 0.15) is 25.5 Å². The summed E-state index contributed by atoms with van der Waals surface area (Å²) in [6, 6.07) is 0. The predicted octanol–water partition coefficient (Wildman–Crippen LogP) is -0.0692. The summed E-state index contributed by atoms with van der Waals surface area (Å²) in [5, 5.41) is 18.9. The predicted molar refractivity (Wildman–Crippen MR) is 95.2 cm³/mol. The molecule has 2 fully saturated rings. The Morgan fingerprint density at radius 2 is 2.19 bits per heavy atom. The lowest BCUT2D eigenvalue weighted by Crippen LogP contribution is -2.30. The first-order valence-corrected chi connectivity index (χ1v) is 9.72. The lowest BCUT2D eigenvalue weighted by Gasteiger charge is -2.19. The van der Waals surface area contributed by atoms with Crippen molar-refractivity contribution in [3.05, 3.63) is 20.0 Å². The summed E-state index contributed by atoms with van der Waals surface area (Å²) < 4.78 is 7.15. The minimum atomic E-state index is -1.05. The smallest absolute Gasteiger partial charge is 0.311 e. The van der Waals surface area contributed by atoms with Gasteiger partial charge < -0.3 is 20.7 Å². The molecule has 0 spiro atoms. The molecule has 4 atom stereocenters. The molecule has 2 aliphatic rings. The van der Waals surface area contributed by atoms with Gasteiger partial charge in [0.05, 0.1) is 17.8 Å². The summed E-state index contributed by atoms with van der Waals surface area (Å²) in [6.45, 7) is 0. The average Bonchev–Trinajstić information content (AvgIpc) is 3.25. The maximum atomic E-state index is 12.5. The Morgan fingerprint density at radius 3 is 2.85 bits per heavy atom. The molecule has 1 saturated carbocycles. The van der Waals surface area contributed by atoms with Crippen LogP contribution in [0, 0.1) is 5.92 Å². The Morgan fingerprint density at radius 1 is 1.46 bits per heavy atom. The van der Waals surface area contributed by atoms with E-state index >= 15 is 0 Å². The lowest BCUT2D eigenvalue weighted by molar-refractivity contribution is -0.138. The van der Waals surface area contributed by atoms with Crippen molar-refractivity contribution >= 4 is 45.4 Å². The number of thioether (sulfide) groups is 1. The van der Waals surface area contributed by atoms with Gasteiger partial charge in [-0.05, 0) is 18.8 Å². The van der Waals surface area contributed by atoms with E-state index in [0.717, 1.165) is 12.8 Å². The van der Waals surface area contributed by atoms with E-state index in [9.17, 15) is 24.6 Å². The minimum Gasteiger partial charge on any atom is -0.481 e. The molecule has 0 bridgehead atoms. The fourth-order valence-electron chi connectivity index (χ4n) is 3.04. The number of nitrogens with one attached hydrogen (secondary N) is 1. The molecule has 1 aliphatic heterocycles. The number of rotatable bonds is 5. The highest BCUT2D eigenvalue weighted by atomic mass is 32.2. The number of H-pyrrole nitrogens is 1. The summed E-state index contributed by atoms with van der Waals surface area (Å²) >= 11 is 1.89. The molecule has 1 saturated heterocycles. The van der Waals surface area contributed by atoms with Crippen LogP contribution in [0.15, 0.2) is 9.59 Å². The van der Waals surface area contributed by atoms with Gasteiger partial charge in [-0.1, -0.05) is 11.3 Å². The van der Waals surface area contributed by atoms with Crippen molar-refractivity contribution in [1.82, 2.24) is 14.5 Å². The SMILES string of the molecule is Nc1nc2c(sc(=O)n2C2OC(C(O)C3CC3)SC2CC(=O)O)c(=O)[nH]1. The number of hydrogen-bond acceptors (Lipinski definition) is 9. The molecule has 4 rings (SSSR count). The third-order valence-corrected chi connectivity index (χ3v) is 6.76. The summed E-state index contributed by atoms with van der Waals surface area (Å²) in [5.41, 5.74) is 4.46. The number of carboxylic acid groups (broad SMARTS) is 1. The number of ether oxygens (including phenoxy) is 1. The number of anilines is 1. The van der Waals surface area contributed by atoms with E-state index in [2.05, 4.69) is 9.97 Å². The van der Waals surface area contributed by atoms with Crippen LogP contribution in [-0.4, -0.2) is 47.5 Å². The fourth-order valence-corrected chi connectivity index (χ4v) is 5.34. The van der Waals surface area contributed by atoms with Gasteiger partial charge in [0.15, 0.2) is 11.9 Å². The number of aromatic amines is 1. The van der Waals surface area contributed by atoms with Crippen LogP contribution in [-0.2, 0) is 9.53 Å². The topological polar surface area (TPSA) is 161 Å². The van der Waals surface area contributed by atoms with Crippen LogP contribution in [0.25, 0.3) is 10.3 Å². The number of thiazole rings is 1. The standard InChI is InChI=1S/C14H16N4O6S2/c15-13-16-9-8(10(22)17-13)26-14(23)18(9)11-5(3-6(19)20)25-12(24-11)7(21)4-1-2-4/h4-5,7,11-12,21H,1-3H2,(H,19,20)(H3,15,16,17,22). The molecule has 12 heteroatoms. The number of hydrogen-bond donors (Lipinski definition) is 4. The third-order valence-electron chi connectivity index (χ3n) is 4.41. The van der Waals surface area contributed by atoms with Crippen molar-refractivity contribution in [2.24, 2.45) is 5.92 Å². The van der Waals surface area contributed by atoms with Crippen molar-refractivity contribution in [1.29, 1.82) is 0 Å². The number of nitrogens with two attached hydrogens (primary N) is 1. The second-order valence-corrected chi connectivity index (χ2v) is 8.64. The van der Waals surface area contributed by atoms with E-state index in [1.807, 2.05) is 0 Å². The summed E-state index contributed by atoms with van der Waals surface area (Å²) in [5.74, 6) is -1.07. The zero-order chi connectivity index (χ0) is 18.6. The minimum absolute atomic E-state index is 0.0591. The molecule has 26 heavy (non-hydrogen) atoms. The normalized spacial score (nSPS) is 27.0. The van der Waals surface area contributed by atoms with E-state index in [-0.39, 0.29) is 28.6 Å². The molecule has 0 aromatic carbocycles. The first-order valence-electron chi connectivity index (χ1n) is 7.96. The molecule has 3 heterocycles. The molecular weight excluding hydrogens is 384 g/mol. The number of nitrogens with zero attached hydrogens (tertiary/aromatic N) is 2. The van der Waals surface area contributed by atoms with Crippen LogP contribution in [0.4, 0.5) is 5.95 Å². The summed E-state index contributed by atoms with van der Waals surface area (Å²) in [6.07, 6.45) is -0.159. The maximum Gasteiger partial charge on any atom is 0.311 e. The van der Waals surface area contributed by atoms with Gasteiger partial charge in [-0.2, -0.15) is 4.98 Å².